The van der Waals surface area contributed by atoms with E-state index in [4.69, 9.17) is 0 Å². The molecule has 0 fully saturated rings. The van der Waals surface area contributed by atoms with E-state index in [0.29, 0.717) is 0 Å². The molecule has 0 aromatic heterocycles. The van der Waals surface area contributed by atoms with Gasteiger partial charge in [0.15, 0.2) is 0 Å². The number of hydrogen-bond donors (Lipinski definition) is 0. The maximum absolute atomic E-state index is 11.9. The predicted molar refractivity (Wildman–Crippen MR) is 46.6 cm³/mol. The Morgan fingerprint density at radius 1 is 1.40 bits per heavy atom. The van der Waals surface area contributed by atoms with Crippen LogP contribution in [-0.4, -0.2) is 45.2 Å². The van der Waals surface area contributed by atoms with Gasteiger partial charge in [-0.15, -0.1) is 0 Å². The molecule has 0 bridgehead atoms. The second-order valence-corrected chi connectivity index (χ2v) is 3.86. The van der Waals surface area contributed by atoms with Gasteiger partial charge in [0.05, 0.1) is 6.54 Å². The molecule has 0 amide bonds. The van der Waals surface area contributed by atoms with Crippen molar-refractivity contribution in [3.8, 4) is 0 Å². The van der Waals surface area contributed by atoms with E-state index in [1.54, 1.807) is 6.92 Å². The van der Waals surface area contributed by atoms with Crippen molar-refractivity contribution in [2.75, 3.05) is 25.4 Å². The molecule has 0 aromatic carbocycles. The van der Waals surface area contributed by atoms with Gasteiger partial charge in [-0.1, -0.05) is 18.0 Å². The van der Waals surface area contributed by atoms with E-state index in [0.717, 1.165) is 0 Å². The first-order chi connectivity index (χ1) is 6.35. The molecule has 8 heteroatoms. The van der Waals surface area contributed by atoms with Crippen LogP contribution in [0.4, 0.5) is 13.2 Å². The second-order valence-electron chi connectivity index (χ2n) is 2.85. The molecular weight excluding hydrogens is 242 g/mol. The molecule has 3 nitrogen and oxygen atoms in total. The van der Waals surface area contributed by atoms with Crippen LogP contribution in [0, 0.1) is 0 Å². The molecule has 86 valence electrons. The van der Waals surface area contributed by atoms with Gasteiger partial charge in [0.25, 0.3) is 0 Å². The molecule has 0 aliphatic rings. The number of alkyl halides is 3. The fourth-order valence-corrected chi connectivity index (χ4v) is 1.37. The third-order valence-corrected chi connectivity index (χ3v) is 2.26. The number of halogens is 3. The van der Waals surface area contributed by atoms with Crippen molar-refractivity contribution in [1.82, 2.24) is 4.90 Å². The third-order valence-electron chi connectivity index (χ3n) is 1.64. The van der Waals surface area contributed by atoms with Crippen molar-refractivity contribution in [2.24, 2.45) is 0 Å². The van der Waals surface area contributed by atoms with Gasteiger partial charge in [-0.25, -0.2) is 0 Å². The first kappa shape index (κ1) is 18.2. The van der Waals surface area contributed by atoms with E-state index in [1.165, 1.54) is 4.90 Å². The molecule has 1 unspecified atom stereocenters. The van der Waals surface area contributed by atoms with Crippen molar-refractivity contribution in [1.29, 1.82) is 0 Å². The molecule has 1 atom stereocenters. The summed E-state index contributed by atoms with van der Waals surface area (Å²) in [5, 5.41) is 0. The number of nitrogens with zero attached hydrogens (tertiary/aromatic N) is 1. The van der Waals surface area contributed by atoms with Crippen molar-refractivity contribution in [2.45, 2.75) is 19.5 Å². The van der Waals surface area contributed by atoms with E-state index in [1.807, 2.05) is 0 Å². The molecule has 15 heavy (non-hydrogen) atoms. The standard InChI is InChI=1S/C7H14F3NO2S.Na/c1-2-11(6-7(8,9)10)4-3-5-14(12)13;/h2-6H2,1H3,(H,12,13);/q;+1/p-1. The topological polar surface area (TPSA) is 43.4 Å². The van der Waals surface area contributed by atoms with Crippen LogP contribution in [0.5, 0.6) is 0 Å². The van der Waals surface area contributed by atoms with Crippen LogP contribution in [0.2, 0.25) is 0 Å². The zero-order valence-electron chi connectivity index (χ0n) is 8.84. The van der Waals surface area contributed by atoms with Crippen molar-refractivity contribution in [3.63, 3.8) is 0 Å². The molecule has 0 radical (unpaired) electrons. The van der Waals surface area contributed by atoms with E-state index in [-0.39, 0.29) is 54.8 Å². The zero-order valence-corrected chi connectivity index (χ0v) is 11.7. The minimum Gasteiger partial charge on any atom is -0.772 e. The van der Waals surface area contributed by atoms with Gasteiger partial charge in [-0.05, 0) is 19.5 Å². The van der Waals surface area contributed by atoms with Crippen molar-refractivity contribution >= 4 is 11.1 Å². The Kier molecular flexibility index (Phi) is 10.9. The van der Waals surface area contributed by atoms with E-state index in [9.17, 15) is 21.9 Å². The fourth-order valence-electron chi connectivity index (χ4n) is 1.01. The Morgan fingerprint density at radius 3 is 2.27 bits per heavy atom. The van der Waals surface area contributed by atoms with Crippen LogP contribution >= 0.6 is 0 Å². The summed E-state index contributed by atoms with van der Waals surface area (Å²) in [5.41, 5.74) is 0. The maximum Gasteiger partial charge on any atom is 1.00 e. The van der Waals surface area contributed by atoms with E-state index >= 15 is 0 Å². The van der Waals surface area contributed by atoms with Gasteiger partial charge in [-0.2, -0.15) is 13.2 Å². The molecule has 0 aliphatic carbocycles. The SMILES string of the molecule is CCN(CCCS(=O)[O-])CC(F)(F)F.[Na+]. The van der Waals surface area contributed by atoms with Gasteiger partial charge in [0.2, 0.25) is 0 Å². The molecule has 0 N–H and O–H groups in total. The Bertz CT molecular complexity index is 192. The minimum atomic E-state index is -4.22. The fraction of sp³-hybridized carbons (Fsp3) is 1.00. The normalized spacial score (nSPS) is 13.7. The molecule has 0 saturated carbocycles. The summed E-state index contributed by atoms with van der Waals surface area (Å²) in [6.07, 6.45) is -3.98. The molecule has 0 rings (SSSR count). The minimum absolute atomic E-state index is 0. The monoisotopic (exact) mass is 255 g/mol. The smallest absolute Gasteiger partial charge is 0.772 e. The first-order valence-corrected chi connectivity index (χ1v) is 5.44. The second kappa shape index (κ2) is 8.95. The van der Waals surface area contributed by atoms with Crippen LogP contribution in [0.25, 0.3) is 0 Å². The third kappa shape index (κ3) is 12.8. The maximum atomic E-state index is 11.9. The molecule has 0 aliphatic heterocycles. The average Bonchev–Trinajstić information content (AvgIpc) is 1.99. The molecule has 0 saturated heterocycles. The van der Waals surface area contributed by atoms with E-state index < -0.39 is 23.8 Å². The molecular formula is C7H13F3NNaO2S. The van der Waals surface area contributed by atoms with Crippen molar-refractivity contribution < 1.29 is 51.5 Å². The molecule has 0 heterocycles. The summed E-state index contributed by atoms with van der Waals surface area (Å²) in [4.78, 5) is 1.17. The summed E-state index contributed by atoms with van der Waals surface area (Å²) in [6, 6.07) is 0. The average molecular weight is 255 g/mol. The quantitative estimate of drug-likeness (QED) is 0.413. The summed E-state index contributed by atoms with van der Waals surface area (Å²) >= 11 is -2.17. The summed E-state index contributed by atoms with van der Waals surface area (Å²) < 4.78 is 56.0. The van der Waals surface area contributed by atoms with Crippen LogP contribution in [0.15, 0.2) is 0 Å². The van der Waals surface area contributed by atoms with Crippen LogP contribution in [0.3, 0.4) is 0 Å². The van der Waals surface area contributed by atoms with Crippen LogP contribution in [0.1, 0.15) is 13.3 Å². The Hall–Kier alpha value is 0.860. The van der Waals surface area contributed by atoms with Crippen molar-refractivity contribution in [3.05, 3.63) is 0 Å². The Morgan fingerprint density at radius 2 is 1.93 bits per heavy atom. The summed E-state index contributed by atoms with van der Waals surface area (Å²) in [6.45, 7) is 1.06. The zero-order chi connectivity index (χ0) is 11.2. The number of rotatable bonds is 6. The summed E-state index contributed by atoms with van der Waals surface area (Å²) in [5.74, 6) is -0.0889. The number of hydrogen-bond acceptors (Lipinski definition) is 3. The molecule has 0 aromatic rings. The van der Waals surface area contributed by atoms with E-state index in [2.05, 4.69) is 0 Å². The largest absolute Gasteiger partial charge is 1.00 e. The summed E-state index contributed by atoms with van der Waals surface area (Å²) in [7, 11) is 0. The first-order valence-electron chi connectivity index (χ1n) is 4.20. The Labute approximate surface area is 112 Å². The predicted octanol–water partition coefficient (Wildman–Crippen LogP) is -1.86. The molecule has 0 spiro atoms. The van der Waals surface area contributed by atoms with Gasteiger partial charge < -0.3 is 4.55 Å². The van der Waals surface area contributed by atoms with Gasteiger partial charge in [0, 0.05) is 5.75 Å². The van der Waals surface area contributed by atoms with Crippen LogP contribution < -0.4 is 29.6 Å². The van der Waals surface area contributed by atoms with Gasteiger partial charge in [0.1, 0.15) is 0 Å². The van der Waals surface area contributed by atoms with Gasteiger partial charge in [-0.3, -0.25) is 9.11 Å². The Balaban J connectivity index is 0. The van der Waals surface area contributed by atoms with Crippen LogP contribution in [-0.2, 0) is 11.1 Å². The van der Waals surface area contributed by atoms with Gasteiger partial charge >= 0.3 is 35.7 Å².